The van der Waals surface area contributed by atoms with E-state index in [1.54, 1.807) is 0 Å². The van der Waals surface area contributed by atoms with E-state index in [-0.39, 0.29) is 39.7 Å². The summed E-state index contributed by atoms with van der Waals surface area (Å²) in [5.41, 5.74) is -3.23. The Bertz CT molecular complexity index is 2310. The molecule has 0 fully saturated rings. The summed E-state index contributed by atoms with van der Waals surface area (Å²) in [6.07, 6.45) is 1.22. The third-order valence-electron chi connectivity index (χ3n) is 7.36. The number of aliphatic carboxylic acids is 2. The van der Waals surface area contributed by atoms with Crippen molar-refractivity contribution in [3.63, 3.8) is 0 Å². The van der Waals surface area contributed by atoms with Gasteiger partial charge in [-0.15, -0.1) is 5.10 Å². The van der Waals surface area contributed by atoms with Crippen LogP contribution in [0.5, 0.6) is 23.0 Å². The van der Waals surface area contributed by atoms with Crippen molar-refractivity contribution in [2.75, 3.05) is 0 Å². The molecule has 19 nitrogen and oxygen atoms in total. The molecular formula is C30H25N5O14. The van der Waals surface area contributed by atoms with Crippen molar-refractivity contribution in [1.82, 2.24) is 24.9 Å². The number of carbonyl (C=O) groups excluding carboxylic acids is 2. The number of aryl methyl sites for hydroxylation is 1. The van der Waals surface area contributed by atoms with Crippen molar-refractivity contribution >= 4 is 45.7 Å². The zero-order chi connectivity index (χ0) is 35.7. The lowest BCUT2D eigenvalue weighted by atomic mass is 10.0. The summed E-state index contributed by atoms with van der Waals surface area (Å²) < 4.78 is 12.8. The van der Waals surface area contributed by atoms with Crippen LogP contribution in [0.25, 0.3) is 33.0 Å². The molecule has 5 rings (SSSR count). The van der Waals surface area contributed by atoms with E-state index >= 15 is 0 Å². The minimum absolute atomic E-state index is 0.0348. The van der Waals surface area contributed by atoms with Crippen LogP contribution < -0.4 is 16.3 Å². The van der Waals surface area contributed by atoms with E-state index in [1.165, 1.54) is 25.4 Å². The number of ether oxygens (including phenoxy) is 1. The minimum atomic E-state index is -1.47. The van der Waals surface area contributed by atoms with Crippen LogP contribution >= 0.6 is 0 Å². The predicted octanol–water partition coefficient (Wildman–Crippen LogP) is 0.517. The zero-order valence-electron chi connectivity index (χ0n) is 25.1. The highest BCUT2D eigenvalue weighted by atomic mass is 16.5. The van der Waals surface area contributed by atoms with E-state index in [9.17, 15) is 54.3 Å². The molecule has 0 saturated heterocycles. The number of aromatic nitrogens is 4. The molecule has 1 amide bonds. The Labute approximate surface area is 271 Å². The van der Waals surface area contributed by atoms with Gasteiger partial charge >= 0.3 is 17.9 Å². The molecule has 3 heterocycles. The number of nitrogens with zero attached hydrogens (tertiary/aromatic N) is 4. The van der Waals surface area contributed by atoms with Crippen LogP contribution in [-0.2, 0) is 39.3 Å². The second kappa shape index (κ2) is 13.1. The quantitative estimate of drug-likeness (QED) is 0.0739. The number of phenols is 4. The molecule has 0 unspecified atom stereocenters. The summed E-state index contributed by atoms with van der Waals surface area (Å²) in [4.78, 5) is 74.6. The largest absolute Gasteiger partial charge is 0.504 e. The number of fused-ring (bicyclic) bond motifs is 2. The van der Waals surface area contributed by atoms with Crippen molar-refractivity contribution in [3.8, 4) is 34.1 Å². The standard InChI is InChI=1S/C30H25N5O14/c1-34-17-6-19(37)18(36)5-12(17)4-14(28(34)44)15-11-48-21-7-20(38)27(43)25(24(21)26(15)42)30(47)49-10-13-8-35(33-32-13)9-22(39)31-16(29(45)46)2-3-23(40)41/h4-8,11,16,36-38,43H,2-3,9-10H2,1H3,(H,31,39)(H,40,41)(H,45,46)/t16-/m0/s1. The second-order valence-electron chi connectivity index (χ2n) is 10.7. The molecule has 0 aliphatic heterocycles. The lowest BCUT2D eigenvalue weighted by molar-refractivity contribution is -0.143. The van der Waals surface area contributed by atoms with Crippen LogP contribution in [0.4, 0.5) is 0 Å². The number of esters is 1. The molecule has 0 aliphatic carbocycles. The van der Waals surface area contributed by atoms with Gasteiger partial charge in [0.05, 0.1) is 28.2 Å². The van der Waals surface area contributed by atoms with Crippen LogP contribution in [0.3, 0.4) is 0 Å². The number of amides is 1. The van der Waals surface area contributed by atoms with Crippen LogP contribution in [-0.4, -0.2) is 80.1 Å². The van der Waals surface area contributed by atoms with E-state index in [0.29, 0.717) is 0 Å². The van der Waals surface area contributed by atoms with Crippen molar-refractivity contribution in [2.24, 2.45) is 7.05 Å². The molecule has 0 spiro atoms. The summed E-state index contributed by atoms with van der Waals surface area (Å²) in [6.45, 7) is -1.16. The third kappa shape index (κ3) is 6.66. The van der Waals surface area contributed by atoms with Gasteiger partial charge in [-0.25, -0.2) is 14.3 Å². The van der Waals surface area contributed by atoms with Crippen molar-refractivity contribution < 1.29 is 59.0 Å². The maximum absolute atomic E-state index is 13.8. The summed E-state index contributed by atoms with van der Waals surface area (Å²) in [5, 5.41) is 68.0. The number of pyridine rings is 1. The summed E-state index contributed by atoms with van der Waals surface area (Å²) in [6, 6.07) is 2.98. The van der Waals surface area contributed by atoms with Crippen molar-refractivity contribution in [2.45, 2.75) is 32.0 Å². The molecule has 0 aliphatic rings. The maximum Gasteiger partial charge on any atom is 0.343 e. The molecule has 0 radical (unpaired) electrons. The highest BCUT2D eigenvalue weighted by molar-refractivity contribution is 6.07. The smallest absolute Gasteiger partial charge is 0.343 e. The fourth-order valence-corrected chi connectivity index (χ4v) is 4.94. The molecule has 2 aromatic carbocycles. The molecule has 0 saturated carbocycles. The predicted molar refractivity (Wildman–Crippen MR) is 163 cm³/mol. The van der Waals surface area contributed by atoms with Crippen molar-refractivity contribution in [3.05, 3.63) is 68.6 Å². The third-order valence-corrected chi connectivity index (χ3v) is 7.36. The highest BCUT2D eigenvalue weighted by Crippen LogP contribution is 2.36. The summed E-state index contributed by atoms with van der Waals surface area (Å²) >= 11 is 0. The number of carbonyl (C=O) groups is 4. The Kier molecular flexibility index (Phi) is 8.91. The first-order valence-electron chi connectivity index (χ1n) is 14.0. The van der Waals surface area contributed by atoms with Crippen LogP contribution in [0.2, 0.25) is 0 Å². The number of benzene rings is 2. The van der Waals surface area contributed by atoms with E-state index < -0.39 is 94.4 Å². The first-order valence-corrected chi connectivity index (χ1v) is 14.0. The fraction of sp³-hybridized carbons (Fsp3) is 0.200. The minimum Gasteiger partial charge on any atom is -0.504 e. The number of aromatic hydroxyl groups is 4. The van der Waals surface area contributed by atoms with Gasteiger partial charge in [0.15, 0.2) is 23.0 Å². The summed E-state index contributed by atoms with van der Waals surface area (Å²) in [5.74, 6) is -7.69. The monoisotopic (exact) mass is 679 g/mol. The Hall–Kier alpha value is -6.92. The first kappa shape index (κ1) is 33.4. The number of hydrogen-bond acceptors (Lipinski definition) is 14. The zero-order valence-corrected chi connectivity index (χ0v) is 25.1. The number of rotatable bonds is 11. The average Bonchev–Trinajstić information content (AvgIpc) is 3.49. The van der Waals surface area contributed by atoms with Gasteiger partial charge in [0.1, 0.15) is 42.3 Å². The van der Waals surface area contributed by atoms with Gasteiger partial charge in [0, 0.05) is 31.0 Å². The summed E-state index contributed by atoms with van der Waals surface area (Å²) in [7, 11) is 1.36. The second-order valence-corrected chi connectivity index (χ2v) is 10.7. The SMILES string of the molecule is Cn1c(=O)c(-c2coc3cc(O)c(O)c(C(=O)OCc4cn(CC(=O)N[C@@H](CCC(=O)O)C(=O)O)nn4)c3c2=O)cc2cc(O)c(O)cc21. The number of phenolic OH excluding ortho intramolecular Hbond substituents is 4. The van der Waals surface area contributed by atoms with Gasteiger partial charge in [-0.3, -0.25) is 19.2 Å². The van der Waals surface area contributed by atoms with E-state index in [0.717, 1.165) is 27.6 Å². The highest BCUT2D eigenvalue weighted by Gasteiger charge is 2.27. The fourth-order valence-electron chi connectivity index (χ4n) is 4.94. The normalized spacial score (nSPS) is 11.8. The molecule has 254 valence electrons. The Balaban J connectivity index is 1.41. The van der Waals surface area contributed by atoms with Gasteiger partial charge in [-0.1, -0.05) is 5.21 Å². The number of nitrogens with one attached hydrogen (secondary N) is 1. The van der Waals surface area contributed by atoms with Gasteiger partial charge in [0.2, 0.25) is 11.3 Å². The molecule has 19 heteroatoms. The first-order chi connectivity index (χ1) is 23.2. The molecule has 7 N–H and O–H groups in total. The van der Waals surface area contributed by atoms with Gasteiger partial charge in [-0.2, -0.15) is 0 Å². The van der Waals surface area contributed by atoms with Gasteiger partial charge < -0.3 is 49.7 Å². The molecule has 3 aromatic heterocycles. The van der Waals surface area contributed by atoms with E-state index in [2.05, 4.69) is 15.6 Å². The van der Waals surface area contributed by atoms with Crippen LogP contribution in [0.15, 0.2) is 50.7 Å². The average molecular weight is 680 g/mol. The molecule has 49 heavy (non-hydrogen) atoms. The van der Waals surface area contributed by atoms with Crippen LogP contribution in [0, 0.1) is 0 Å². The Morgan fingerprint density at radius 1 is 0.980 bits per heavy atom. The van der Waals surface area contributed by atoms with E-state index in [4.69, 9.17) is 14.3 Å². The van der Waals surface area contributed by atoms with Crippen molar-refractivity contribution in [1.29, 1.82) is 0 Å². The number of carboxylic acids is 2. The molecule has 1 atom stereocenters. The van der Waals surface area contributed by atoms with Gasteiger partial charge in [-0.05, 0) is 18.6 Å². The molecule has 0 bridgehead atoms. The van der Waals surface area contributed by atoms with Gasteiger partial charge in [0.25, 0.3) is 5.56 Å². The molecule has 5 aromatic rings. The number of hydrogen-bond donors (Lipinski definition) is 7. The lowest BCUT2D eigenvalue weighted by Crippen LogP contribution is -2.42. The molecular weight excluding hydrogens is 654 g/mol. The lowest BCUT2D eigenvalue weighted by Gasteiger charge is -2.13. The Morgan fingerprint density at radius 3 is 2.39 bits per heavy atom. The van der Waals surface area contributed by atoms with E-state index in [1.807, 2.05) is 0 Å². The van der Waals surface area contributed by atoms with Crippen LogP contribution in [0.1, 0.15) is 28.9 Å². The number of carboxylic acid groups (broad SMARTS) is 2. The maximum atomic E-state index is 13.8. The topological polar surface area (TPSA) is 294 Å². The Morgan fingerprint density at radius 2 is 1.69 bits per heavy atom.